The lowest BCUT2D eigenvalue weighted by Crippen LogP contribution is -2.26. The van der Waals surface area contributed by atoms with Crippen molar-refractivity contribution in [1.29, 1.82) is 0 Å². The first-order valence-corrected chi connectivity index (χ1v) is 7.54. The van der Waals surface area contributed by atoms with Crippen molar-refractivity contribution in [1.82, 2.24) is 9.97 Å². The molecule has 0 N–H and O–H groups in total. The third-order valence-corrected chi connectivity index (χ3v) is 4.18. The molecule has 1 aromatic rings. The second-order valence-electron chi connectivity index (χ2n) is 4.08. The van der Waals surface area contributed by atoms with Crippen molar-refractivity contribution in [2.75, 3.05) is 17.2 Å². The van der Waals surface area contributed by atoms with E-state index in [0.717, 1.165) is 3.57 Å². The SMILES string of the molecule is CC(=O)SCC1CC(=O)N(c2ncc(I)cn2)C1. The summed E-state index contributed by atoms with van der Waals surface area (Å²) in [4.78, 5) is 32.7. The van der Waals surface area contributed by atoms with Gasteiger partial charge in [0.1, 0.15) is 0 Å². The summed E-state index contributed by atoms with van der Waals surface area (Å²) in [7, 11) is 0. The van der Waals surface area contributed by atoms with E-state index in [9.17, 15) is 9.59 Å². The first-order chi connectivity index (χ1) is 8.56. The Morgan fingerprint density at radius 1 is 1.56 bits per heavy atom. The fourth-order valence-corrected chi connectivity index (χ4v) is 2.74. The Balaban J connectivity index is 2.00. The van der Waals surface area contributed by atoms with Crippen molar-refractivity contribution in [3.63, 3.8) is 0 Å². The molecule has 1 atom stereocenters. The van der Waals surface area contributed by atoms with E-state index in [1.807, 2.05) is 0 Å². The summed E-state index contributed by atoms with van der Waals surface area (Å²) < 4.78 is 0.937. The summed E-state index contributed by atoms with van der Waals surface area (Å²) in [6.07, 6.45) is 3.84. The molecule has 1 fully saturated rings. The number of nitrogens with zero attached hydrogens (tertiary/aromatic N) is 3. The molecule has 1 aliphatic rings. The van der Waals surface area contributed by atoms with E-state index in [4.69, 9.17) is 0 Å². The van der Waals surface area contributed by atoms with E-state index in [1.54, 1.807) is 24.2 Å². The van der Waals surface area contributed by atoms with Crippen molar-refractivity contribution in [3.8, 4) is 0 Å². The van der Waals surface area contributed by atoms with Crippen LogP contribution in [0.2, 0.25) is 0 Å². The zero-order chi connectivity index (χ0) is 13.1. The topological polar surface area (TPSA) is 63.2 Å². The second kappa shape index (κ2) is 5.96. The molecule has 5 nitrogen and oxygen atoms in total. The number of rotatable bonds is 3. The molecule has 0 radical (unpaired) electrons. The van der Waals surface area contributed by atoms with Gasteiger partial charge in [0.2, 0.25) is 11.9 Å². The van der Waals surface area contributed by atoms with Gasteiger partial charge in [0.15, 0.2) is 5.12 Å². The van der Waals surface area contributed by atoms with Crippen LogP contribution in [0.3, 0.4) is 0 Å². The highest BCUT2D eigenvalue weighted by Gasteiger charge is 2.32. The molecule has 1 unspecified atom stereocenters. The van der Waals surface area contributed by atoms with E-state index in [-0.39, 0.29) is 16.9 Å². The normalized spacial score (nSPS) is 19.3. The van der Waals surface area contributed by atoms with Gasteiger partial charge in [0.25, 0.3) is 0 Å². The van der Waals surface area contributed by atoms with Crippen LogP contribution in [0.5, 0.6) is 0 Å². The molecule has 0 aliphatic carbocycles. The maximum absolute atomic E-state index is 11.9. The van der Waals surface area contributed by atoms with Crippen molar-refractivity contribution in [2.45, 2.75) is 13.3 Å². The molecule has 1 aromatic heterocycles. The van der Waals surface area contributed by atoms with Crippen LogP contribution in [-0.4, -0.2) is 33.3 Å². The van der Waals surface area contributed by atoms with Gasteiger partial charge >= 0.3 is 0 Å². The lowest BCUT2D eigenvalue weighted by Gasteiger charge is -2.13. The lowest BCUT2D eigenvalue weighted by atomic mass is 10.1. The third-order valence-electron chi connectivity index (χ3n) is 2.58. The maximum Gasteiger partial charge on any atom is 0.232 e. The van der Waals surface area contributed by atoms with Gasteiger partial charge in [-0.2, -0.15) is 0 Å². The monoisotopic (exact) mass is 377 g/mol. The fourth-order valence-electron chi connectivity index (χ4n) is 1.77. The molecule has 0 saturated carbocycles. The minimum Gasteiger partial charge on any atom is -0.288 e. The van der Waals surface area contributed by atoms with Gasteiger partial charge in [-0.25, -0.2) is 9.97 Å². The van der Waals surface area contributed by atoms with Crippen molar-refractivity contribution in [3.05, 3.63) is 16.0 Å². The highest BCUT2D eigenvalue weighted by Crippen LogP contribution is 2.25. The molecule has 1 amide bonds. The van der Waals surface area contributed by atoms with Crippen molar-refractivity contribution < 1.29 is 9.59 Å². The van der Waals surface area contributed by atoms with Crippen LogP contribution in [0.4, 0.5) is 5.95 Å². The molecule has 1 aliphatic heterocycles. The van der Waals surface area contributed by atoms with E-state index in [0.29, 0.717) is 24.7 Å². The number of anilines is 1. The summed E-state index contributed by atoms with van der Waals surface area (Å²) in [5, 5.41) is 0.0893. The Morgan fingerprint density at radius 3 is 2.83 bits per heavy atom. The van der Waals surface area contributed by atoms with E-state index >= 15 is 0 Å². The van der Waals surface area contributed by atoms with Gasteiger partial charge in [0.05, 0.1) is 0 Å². The third kappa shape index (κ3) is 3.41. The quantitative estimate of drug-likeness (QED) is 0.751. The van der Waals surface area contributed by atoms with Crippen LogP contribution in [0.15, 0.2) is 12.4 Å². The number of hydrogen-bond acceptors (Lipinski definition) is 5. The molecular weight excluding hydrogens is 365 g/mol. The van der Waals surface area contributed by atoms with Crippen LogP contribution in [0.25, 0.3) is 0 Å². The van der Waals surface area contributed by atoms with Crippen molar-refractivity contribution >= 4 is 51.3 Å². The highest BCUT2D eigenvalue weighted by atomic mass is 127. The van der Waals surface area contributed by atoms with Crippen LogP contribution in [0.1, 0.15) is 13.3 Å². The van der Waals surface area contributed by atoms with E-state index < -0.39 is 0 Å². The van der Waals surface area contributed by atoms with Crippen LogP contribution >= 0.6 is 34.4 Å². The zero-order valence-electron chi connectivity index (χ0n) is 9.80. The number of carbonyl (C=O) groups excluding carboxylic acids is 2. The average Bonchev–Trinajstić information content (AvgIpc) is 2.69. The van der Waals surface area contributed by atoms with Crippen molar-refractivity contribution in [2.24, 2.45) is 5.92 Å². The molecule has 0 bridgehead atoms. The Hall–Kier alpha value is -0.700. The minimum atomic E-state index is 0.0327. The number of amides is 1. The molecule has 96 valence electrons. The predicted molar refractivity (Wildman–Crippen MR) is 78.3 cm³/mol. The Kier molecular flexibility index (Phi) is 4.55. The number of carbonyl (C=O) groups is 2. The largest absolute Gasteiger partial charge is 0.288 e. The molecule has 2 rings (SSSR count). The molecule has 7 heteroatoms. The molecule has 0 aromatic carbocycles. The molecule has 2 heterocycles. The Labute approximate surface area is 123 Å². The summed E-state index contributed by atoms with van der Waals surface area (Å²) in [5.41, 5.74) is 0. The average molecular weight is 377 g/mol. The Morgan fingerprint density at radius 2 is 2.22 bits per heavy atom. The van der Waals surface area contributed by atoms with Gasteiger partial charge in [-0.15, -0.1) is 0 Å². The van der Waals surface area contributed by atoms with E-state index in [2.05, 4.69) is 32.6 Å². The number of halogens is 1. The lowest BCUT2D eigenvalue weighted by molar-refractivity contribution is -0.117. The van der Waals surface area contributed by atoms with Gasteiger partial charge in [-0.05, 0) is 28.5 Å². The first kappa shape index (κ1) is 13.7. The highest BCUT2D eigenvalue weighted by molar-refractivity contribution is 14.1. The number of aromatic nitrogens is 2. The summed E-state index contributed by atoms with van der Waals surface area (Å²) in [6, 6.07) is 0. The number of thioether (sulfide) groups is 1. The van der Waals surface area contributed by atoms with Crippen LogP contribution < -0.4 is 4.90 Å². The van der Waals surface area contributed by atoms with Crippen LogP contribution in [0, 0.1) is 9.49 Å². The second-order valence-corrected chi connectivity index (χ2v) is 6.52. The maximum atomic E-state index is 11.9. The standard InChI is InChI=1S/C11H12IN3O2S/c1-7(16)18-6-8-2-10(17)15(5-8)11-13-3-9(12)4-14-11/h3-4,8H,2,5-6H2,1H3. The minimum absolute atomic E-state index is 0.0327. The summed E-state index contributed by atoms with van der Waals surface area (Å²) >= 11 is 3.39. The van der Waals surface area contributed by atoms with Crippen LogP contribution in [-0.2, 0) is 9.59 Å². The molecular formula is C11H12IN3O2S. The molecule has 18 heavy (non-hydrogen) atoms. The van der Waals surface area contributed by atoms with Gasteiger partial charge < -0.3 is 0 Å². The predicted octanol–water partition coefficient (Wildman–Crippen LogP) is 1.71. The van der Waals surface area contributed by atoms with Gasteiger partial charge in [-0.1, -0.05) is 11.8 Å². The van der Waals surface area contributed by atoms with Gasteiger partial charge in [-0.3, -0.25) is 14.5 Å². The smallest absolute Gasteiger partial charge is 0.232 e. The zero-order valence-corrected chi connectivity index (χ0v) is 12.8. The Bertz CT molecular complexity index is 466. The fraction of sp³-hybridized carbons (Fsp3) is 0.455. The summed E-state index contributed by atoms with van der Waals surface area (Å²) in [5.74, 6) is 1.37. The molecule has 0 spiro atoms. The van der Waals surface area contributed by atoms with Gasteiger partial charge in [0, 0.05) is 41.6 Å². The molecule has 1 saturated heterocycles. The summed E-state index contributed by atoms with van der Waals surface area (Å²) in [6.45, 7) is 2.14. The first-order valence-electron chi connectivity index (χ1n) is 5.47. The number of hydrogen-bond donors (Lipinski definition) is 0. The van der Waals surface area contributed by atoms with E-state index in [1.165, 1.54) is 11.8 Å².